The molecule has 18 heavy (non-hydrogen) atoms. The van der Waals surface area contributed by atoms with Crippen molar-refractivity contribution in [1.82, 2.24) is 9.78 Å². The van der Waals surface area contributed by atoms with Crippen LogP contribution in [0.5, 0.6) is 0 Å². The van der Waals surface area contributed by atoms with Crippen molar-refractivity contribution in [2.75, 3.05) is 0 Å². The van der Waals surface area contributed by atoms with Gasteiger partial charge in [0.2, 0.25) is 0 Å². The standard InChI is InChI=1S/C14H11FN2S/c15-12-5-3-11(4-6-12)10-17-8-7-13(16-17)14-2-1-9-18-14/h1-9H,10H2. The zero-order valence-corrected chi connectivity index (χ0v) is 10.4. The Morgan fingerprint density at radius 1 is 1.11 bits per heavy atom. The Hall–Kier alpha value is -1.94. The molecular weight excluding hydrogens is 247 g/mol. The molecule has 4 heteroatoms. The van der Waals surface area contributed by atoms with Crippen LogP contribution < -0.4 is 0 Å². The molecule has 1 aromatic carbocycles. The second-order valence-electron chi connectivity index (χ2n) is 4.00. The van der Waals surface area contributed by atoms with Gasteiger partial charge in [0.25, 0.3) is 0 Å². The van der Waals surface area contributed by atoms with Crippen LogP contribution in [0, 0.1) is 5.82 Å². The summed E-state index contributed by atoms with van der Waals surface area (Å²) in [5.41, 5.74) is 2.02. The van der Waals surface area contributed by atoms with E-state index < -0.39 is 0 Å². The van der Waals surface area contributed by atoms with Crippen molar-refractivity contribution in [3.05, 3.63) is 65.4 Å². The van der Waals surface area contributed by atoms with Gasteiger partial charge < -0.3 is 0 Å². The number of nitrogens with zero attached hydrogens (tertiary/aromatic N) is 2. The zero-order chi connectivity index (χ0) is 12.4. The van der Waals surface area contributed by atoms with E-state index in [2.05, 4.69) is 11.2 Å². The van der Waals surface area contributed by atoms with E-state index >= 15 is 0 Å². The third-order valence-corrected chi connectivity index (χ3v) is 3.56. The van der Waals surface area contributed by atoms with Crippen molar-refractivity contribution in [1.29, 1.82) is 0 Å². The topological polar surface area (TPSA) is 17.8 Å². The van der Waals surface area contributed by atoms with E-state index in [1.54, 1.807) is 23.5 Å². The van der Waals surface area contributed by atoms with Crippen molar-refractivity contribution in [3.8, 4) is 10.6 Å². The number of thiophene rings is 1. The van der Waals surface area contributed by atoms with Crippen LogP contribution in [0.15, 0.2) is 54.0 Å². The molecule has 2 heterocycles. The summed E-state index contributed by atoms with van der Waals surface area (Å²) in [7, 11) is 0. The third-order valence-electron chi connectivity index (χ3n) is 2.67. The molecule has 0 aliphatic heterocycles. The van der Waals surface area contributed by atoms with Gasteiger partial charge in [-0.1, -0.05) is 18.2 Å². The van der Waals surface area contributed by atoms with Gasteiger partial charge in [0.15, 0.2) is 0 Å². The molecule has 0 amide bonds. The minimum atomic E-state index is -0.210. The number of rotatable bonds is 3. The van der Waals surface area contributed by atoms with E-state index in [0.717, 1.165) is 16.1 Å². The number of hydrogen-bond donors (Lipinski definition) is 0. The Bertz CT molecular complexity index is 626. The lowest BCUT2D eigenvalue weighted by molar-refractivity contribution is 0.624. The van der Waals surface area contributed by atoms with Crippen molar-refractivity contribution in [3.63, 3.8) is 0 Å². The fraction of sp³-hybridized carbons (Fsp3) is 0.0714. The Morgan fingerprint density at radius 3 is 2.67 bits per heavy atom. The van der Waals surface area contributed by atoms with Gasteiger partial charge in [0, 0.05) is 6.20 Å². The van der Waals surface area contributed by atoms with E-state index in [1.807, 2.05) is 28.4 Å². The Morgan fingerprint density at radius 2 is 1.94 bits per heavy atom. The second kappa shape index (κ2) is 4.74. The van der Waals surface area contributed by atoms with Gasteiger partial charge >= 0.3 is 0 Å². The van der Waals surface area contributed by atoms with Gasteiger partial charge in [-0.25, -0.2) is 4.39 Å². The largest absolute Gasteiger partial charge is 0.268 e. The van der Waals surface area contributed by atoms with E-state index in [-0.39, 0.29) is 5.82 Å². The van der Waals surface area contributed by atoms with Gasteiger partial charge in [-0.3, -0.25) is 4.68 Å². The maximum absolute atomic E-state index is 12.8. The molecule has 0 aliphatic carbocycles. The van der Waals surface area contributed by atoms with Crippen molar-refractivity contribution >= 4 is 11.3 Å². The molecule has 0 aliphatic rings. The van der Waals surface area contributed by atoms with Crippen molar-refractivity contribution in [2.45, 2.75) is 6.54 Å². The molecule has 0 bridgehead atoms. The molecule has 2 nitrogen and oxygen atoms in total. The summed E-state index contributed by atoms with van der Waals surface area (Å²) >= 11 is 1.67. The van der Waals surface area contributed by atoms with E-state index in [0.29, 0.717) is 6.54 Å². The molecule has 0 fully saturated rings. The monoisotopic (exact) mass is 258 g/mol. The quantitative estimate of drug-likeness (QED) is 0.698. The minimum Gasteiger partial charge on any atom is -0.268 e. The molecule has 3 aromatic rings. The summed E-state index contributed by atoms with van der Waals surface area (Å²) in [6.45, 7) is 0.658. The van der Waals surface area contributed by atoms with E-state index in [1.165, 1.54) is 12.1 Å². The molecule has 3 rings (SSSR count). The maximum atomic E-state index is 12.8. The molecule has 0 atom stereocenters. The first-order valence-corrected chi connectivity index (χ1v) is 6.51. The van der Waals surface area contributed by atoms with E-state index in [9.17, 15) is 4.39 Å². The highest BCUT2D eigenvalue weighted by atomic mass is 32.1. The fourth-order valence-corrected chi connectivity index (χ4v) is 2.47. The highest BCUT2D eigenvalue weighted by Gasteiger charge is 2.03. The van der Waals surface area contributed by atoms with Gasteiger partial charge in [-0.05, 0) is 35.2 Å². The summed E-state index contributed by atoms with van der Waals surface area (Å²) in [6, 6.07) is 12.6. The Kier molecular flexibility index (Phi) is 2.94. The molecule has 0 spiro atoms. The normalized spacial score (nSPS) is 10.7. The predicted molar refractivity (Wildman–Crippen MR) is 71.0 cm³/mol. The average Bonchev–Trinajstić information content (AvgIpc) is 3.02. The number of halogens is 1. The SMILES string of the molecule is Fc1ccc(Cn2ccc(-c3cccs3)n2)cc1. The summed E-state index contributed by atoms with van der Waals surface area (Å²) < 4.78 is 14.7. The van der Waals surface area contributed by atoms with Crippen LogP contribution in [0.25, 0.3) is 10.6 Å². The maximum Gasteiger partial charge on any atom is 0.123 e. The fourth-order valence-electron chi connectivity index (χ4n) is 1.78. The summed E-state index contributed by atoms with van der Waals surface area (Å²) in [4.78, 5) is 1.16. The lowest BCUT2D eigenvalue weighted by Gasteiger charge is -2.01. The van der Waals surface area contributed by atoms with Gasteiger partial charge in [-0.2, -0.15) is 5.10 Å². The van der Waals surface area contributed by atoms with Crippen LogP contribution >= 0.6 is 11.3 Å². The zero-order valence-electron chi connectivity index (χ0n) is 9.58. The summed E-state index contributed by atoms with van der Waals surface area (Å²) in [5, 5.41) is 6.54. The average molecular weight is 258 g/mol. The molecular formula is C14H11FN2S. The van der Waals surface area contributed by atoms with Crippen LogP contribution in [0.4, 0.5) is 4.39 Å². The number of benzene rings is 1. The number of hydrogen-bond acceptors (Lipinski definition) is 2. The lowest BCUT2D eigenvalue weighted by Crippen LogP contribution is -2.00. The Labute approximate surface area is 108 Å². The van der Waals surface area contributed by atoms with Gasteiger partial charge in [0.1, 0.15) is 11.5 Å². The lowest BCUT2D eigenvalue weighted by atomic mass is 10.2. The Balaban J connectivity index is 1.80. The van der Waals surface area contributed by atoms with Gasteiger partial charge in [-0.15, -0.1) is 11.3 Å². The first-order valence-electron chi connectivity index (χ1n) is 5.63. The molecule has 2 aromatic heterocycles. The van der Waals surface area contributed by atoms with Crippen LogP contribution in [0.3, 0.4) is 0 Å². The van der Waals surface area contributed by atoms with Gasteiger partial charge in [0.05, 0.1) is 11.4 Å². The summed E-state index contributed by atoms with van der Waals surface area (Å²) in [6.07, 6.45) is 1.94. The highest BCUT2D eigenvalue weighted by molar-refractivity contribution is 7.13. The highest BCUT2D eigenvalue weighted by Crippen LogP contribution is 2.22. The molecule has 90 valence electrons. The van der Waals surface area contributed by atoms with E-state index in [4.69, 9.17) is 0 Å². The predicted octanol–water partition coefficient (Wildman–Crippen LogP) is 3.80. The minimum absolute atomic E-state index is 0.210. The smallest absolute Gasteiger partial charge is 0.123 e. The molecule has 0 N–H and O–H groups in total. The molecule has 0 unspecified atom stereocenters. The van der Waals surface area contributed by atoms with Crippen molar-refractivity contribution < 1.29 is 4.39 Å². The van der Waals surface area contributed by atoms with Crippen LogP contribution in [0.2, 0.25) is 0 Å². The summed E-state index contributed by atoms with van der Waals surface area (Å²) in [5.74, 6) is -0.210. The molecule has 0 saturated carbocycles. The first kappa shape index (κ1) is 11.2. The molecule has 0 radical (unpaired) electrons. The van der Waals surface area contributed by atoms with Crippen molar-refractivity contribution in [2.24, 2.45) is 0 Å². The van der Waals surface area contributed by atoms with Crippen LogP contribution in [-0.4, -0.2) is 9.78 Å². The first-order chi connectivity index (χ1) is 8.81. The third kappa shape index (κ3) is 2.33. The number of aromatic nitrogens is 2. The van der Waals surface area contributed by atoms with Crippen LogP contribution in [-0.2, 0) is 6.54 Å². The second-order valence-corrected chi connectivity index (χ2v) is 4.95. The van der Waals surface area contributed by atoms with Crippen LogP contribution in [0.1, 0.15) is 5.56 Å². The molecule has 0 saturated heterocycles.